The van der Waals surface area contributed by atoms with E-state index in [4.69, 9.17) is 8.85 Å². The van der Waals surface area contributed by atoms with Crippen LogP contribution in [0.1, 0.15) is 19.4 Å². The zero-order valence-corrected chi connectivity index (χ0v) is 15.7. The molecule has 0 N–H and O–H groups in total. The molecule has 0 aliphatic carbocycles. The van der Waals surface area contributed by atoms with Crippen molar-refractivity contribution in [2.75, 3.05) is 0 Å². The van der Waals surface area contributed by atoms with Gasteiger partial charge in [0.2, 0.25) is 16.6 Å². The second-order valence-corrected chi connectivity index (χ2v) is 15.2. The van der Waals surface area contributed by atoms with Crippen LogP contribution in [0.25, 0.3) is 6.08 Å². The van der Waals surface area contributed by atoms with E-state index in [9.17, 15) is 0 Å². The third-order valence-corrected chi connectivity index (χ3v) is 8.63. The summed E-state index contributed by atoms with van der Waals surface area (Å²) in [4.78, 5) is 0. The topological polar surface area (TPSA) is 18.5 Å². The van der Waals surface area contributed by atoms with Crippen molar-refractivity contribution in [2.24, 2.45) is 0 Å². The maximum Gasteiger partial charge on any atom is 0.245 e. The van der Waals surface area contributed by atoms with E-state index in [1.807, 2.05) is 24.3 Å². The lowest BCUT2D eigenvalue weighted by Crippen LogP contribution is -2.35. The highest BCUT2D eigenvalue weighted by atomic mass is 28.4. The molecule has 0 saturated carbocycles. The molecule has 0 radical (unpaired) electrons. The molecule has 1 aromatic carbocycles. The summed E-state index contributed by atoms with van der Waals surface area (Å²) in [5.74, 6) is 1.78. The Labute approximate surface area is 126 Å². The summed E-state index contributed by atoms with van der Waals surface area (Å²) in [7, 11) is -3.32. The molecular weight excluding hydrogens is 280 g/mol. The van der Waals surface area contributed by atoms with Crippen LogP contribution in [0.4, 0.5) is 0 Å². The normalized spacial score (nSPS) is 12.1. The molecule has 1 rings (SSSR count). The minimum Gasteiger partial charge on any atom is -0.542 e. The van der Waals surface area contributed by atoms with Crippen molar-refractivity contribution in [2.45, 2.75) is 52.1 Å². The Kier molecular flexibility index (Phi) is 5.65. The summed E-state index contributed by atoms with van der Waals surface area (Å²) >= 11 is 0. The molecule has 0 aliphatic rings. The van der Waals surface area contributed by atoms with Crippen LogP contribution in [0.3, 0.4) is 0 Å². The molecule has 0 spiro atoms. The van der Waals surface area contributed by atoms with Crippen LogP contribution in [0.15, 0.2) is 24.8 Å². The van der Waals surface area contributed by atoms with Gasteiger partial charge in [-0.2, -0.15) is 0 Å². The standard InChI is InChI=1S/C16H28O2Si2/c1-8-14-11-12-15(17-19(4,5)9-2)16(13-14)18-20(6,7)10-3/h8,11-13H,1,9-10H2,2-7H3. The molecular formula is C16H28O2Si2. The van der Waals surface area contributed by atoms with E-state index in [2.05, 4.69) is 46.6 Å². The van der Waals surface area contributed by atoms with Crippen molar-refractivity contribution in [3.63, 3.8) is 0 Å². The lowest BCUT2D eigenvalue weighted by molar-refractivity contribution is 0.482. The van der Waals surface area contributed by atoms with Crippen molar-refractivity contribution in [1.29, 1.82) is 0 Å². The van der Waals surface area contributed by atoms with Gasteiger partial charge >= 0.3 is 0 Å². The van der Waals surface area contributed by atoms with Gasteiger partial charge in [-0.1, -0.05) is 32.6 Å². The molecule has 0 aromatic heterocycles. The maximum absolute atomic E-state index is 6.30. The van der Waals surface area contributed by atoms with Gasteiger partial charge < -0.3 is 8.85 Å². The average molecular weight is 309 g/mol. The first kappa shape index (κ1) is 17.0. The van der Waals surface area contributed by atoms with Gasteiger partial charge in [0, 0.05) is 0 Å². The summed E-state index contributed by atoms with van der Waals surface area (Å²) < 4.78 is 12.6. The van der Waals surface area contributed by atoms with Gasteiger partial charge in [0.25, 0.3) is 0 Å². The van der Waals surface area contributed by atoms with Crippen molar-refractivity contribution in [3.05, 3.63) is 30.3 Å². The van der Waals surface area contributed by atoms with E-state index in [-0.39, 0.29) is 0 Å². The van der Waals surface area contributed by atoms with Gasteiger partial charge in [0.05, 0.1) is 0 Å². The van der Waals surface area contributed by atoms with E-state index < -0.39 is 16.6 Å². The lowest BCUT2D eigenvalue weighted by Gasteiger charge is -2.28. The van der Waals surface area contributed by atoms with Crippen molar-refractivity contribution >= 4 is 22.7 Å². The van der Waals surface area contributed by atoms with Crippen LogP contribution in [-0.4, -0.2) is 16.6 Å². The molecule has 0 aliphatic heterocycles. The van der Waals surface area contributed by atoms with Crippen LogP contribution < -0.4 is 8.85 Å². The monoisotopic (exact) mass is 308 g/mol. The lowest BCUT2D eigenvalue weighted by atomic mass is 10.2. The Balaban J connectivity index is 3.13. The third kappa shape index (κ3) is 4.83. The molecule has 0 heterocycles. The van der Waals surface area contributed by atoms with Gasteiger partial charge in [0.15, 0.2) is 0 Å². The fraction of sp³-hybridized carbons (Fsp3) is 0.500. The Morgan fingerprint density at radius 3 is 1.90 bits per heavy atom. The Hall–Kier alpha value is -1.01. The second-order valence-electron chi connectivity index (χ2n) is 6.34. The van der Waals surface area contributed by atoms with E-state index in [1.54, 1.807) is 0 Å². The highest BCUT2D eigenvalue weighted by Crippen LogP contribution is 2.34. The van der Waals surface area contributed by atoms with E-state index >= 15 is 0 Å². The smallest absolute Gasteiger partial charge is 0.245 e. The number of hydrogen-bond acceptors (Lipinski definition) is 2. The summed E-state index contributed by atoms with van der Waals surface area (Å²) in [5.41, 5.74) is 1.07. The van der Waals surface area contributed by atoms with Crippen LogP contribution in [-0.2, 0) is 0 Å². The van der Waals surface area contributed by atoms with Gasteiger partial charge in [-0.3, -0.25) is 0 Å². The highest BCUT2D eigenvalue weighted by molar-refractivity contribution is 6.72. The Bertz CT molecular complexity index is 468. The minimum atomic E-state index is -1.67. The molecule has 1 aromatic rings. The quantitative estimate of drug-likeness (QED) is 0.616. The number of benzene rings is 1. The summed E-state index contributed by atoms with van der Waals surface area (Å²) in [6, 6.07) is 8.28. The van der Waals surface area contributed by atoms with Gasteiger partial charge in [-0.15, -0.1) is 0 Å². The van der Waals surface area contributed by atoms with Gasteiger partial charge in [-0.05, 0) is 56.0 Å². The molecule has 0 amide bonds. The van der Waals surface area contributed by atoms with E-state index in [1.165, 1.54) is 0 Å². The summed E-state index contributed by atoms with van der Waals surface area (Å²) in [6.45, 7) is 17.2. The molecule has 0 atom stereocenters. The van der Waals surface area contributed by atoms with Crippen LogP contribution in [0.5, 0.6) is 11.5 Å². The first-order valence-electron chi connectivity index (χ1n) is 7.37. The van der Waals surface area contributed by atoms with Crippen LogP contribution >= 0.6 is 0 Å². The summed E-state index contributed by atoms with van der Waals surface area (Å²) in [6.07, 6.45) is 1.85. The molecule has 0 fully saturated rings. The van der Waals surface area contributed by atoms with Crippen molar-refractivity contribution in [3.8, 4) is 11.5 Å². The van der Waals surface area contributed by atoms with Crippen LogP contribution in [0.2, 0.25) is 38.3 Å². The van der Waals surface area contributed by atoms with Gasteiger partial charge in [-0.25, -0.2) is 0 Å². The van der Waals surface area contributed by atoms with Crippen LogP contribution in [0, 0.1) is 0 Å². The zero-order valence-electron chi connectivity index (χ0n) is 13.7. The average Bonchev–Trinajstić information content (AvgIpc) is 2.40. The van der Waals surface area contributed by atoms with E-state index in [0.29, 0.717) is 0 Å². The molecule has 0 saturated heterocycles. The predicted octanol–water partition coefficient (Wildman–Crippen LogP) is 5.54. The first-order valence-corrected chi connectivity index (χ1v) is 13.6. The van der Waals surface area contributed by atoms with Crippen molar-refractivity contribution < 1.29 is 8.85 Å². The first-order chi connectivity index (χ1) is 9.23. The second kappa shape index (κ2) is 6.63. The predicted molar refractivity (Wildman–Crippen MR) is 93.7 cm³/mol. The fourth-order valence-electron chi connectivity index (χ4n) is 1.56. The number of rotatable bonds is 7. The largest absolute Gasteiger partial charge is 0.542 e. The molecule has 0 bridgehead atoms. The molecule has 112 valence electrons. The van der Waals surface area contributed by atoms with Gasteiger partial charge in [0.1, 0.15) is 11.5 Å². The fourth-order valence-corrected chi connectivity index (χ4v) is 3.36. The SMILES string of the molecule is C=Cc1ccc(O[Si](C)(C)CC)c(O[Si](C)(C)CC)c1. The third-order valence-electron chi connectivity index (χ3n) is 3.68. The van der Waals surface area contributed by atoms with Crippen molar-refractivity contribution in [1.82, 2.24) is 0 Å². The molecule has 20 heavy (non-hydrogen) atoms. The maximum atomic E-state index is 6.30. The van der Waals surface area contributed by atoms with E-state index in [0.717, 1.165) is 29.2 Å². The highest BCUT2D eigenvalue weighted by Gasteiger charge is 2.26. The summed E-state index contributed by atoms with van der Waals surface area (Å²) in [5, 5.41) is 0. The molecule has 4 heteroatoms. The molecule has 2 nitrogen and oxygen atoms in total. The zero-order chi connectivity index (χ0) is 15.4. The number of hydrogen-bond donors (Lipinski definition) is 0. The Morgan fingerprint density at radius 2 is 1.45 bits per heavy atom. The Morgan fingerprint density at radius 1 is 0.950 bits per heavy atom. The minimum absolute atomic E-state index is 0.884. The molecule has 0 unspecified atom stereocenters.